The molecule has 5 heteroatoms. The molecule has 0 unspecified atom stereocenters. The fourth-order valence-corrected chi connectivity index (χ4v) is 3.18. The van der Waals surface area contributed by atoms with Crippen LogP contribution in [0, 0.1) is 13.8 Å². The highest BCUT2D eigenvalue weighted by atomic mass is 16.2. The van der Waals surface area contributed by atoms with Crippen LogP contribution in [-0.2, 0) is 9.59 Å². The number of hydrogen-bond donors (Lipinski definition) is 2. The number of carbonyl (C=O) groups excluding carboxylic acids is 2. The summed E-state index contributed by atoms with van der Waals surface area (Å²) < 4.78 is 0. The quantitative estimate of drug-likeness (QED) is 0.791. The van der Waals surface area contributed by atoms with Gasteiger partial charge in [0.2, 0.25) is 11.8 Å². The molecule has 126 valence electrons. The molecule has 2 amide bonds. The first kappa shape index (κ1) is 17.5. The Kier molecular flexibility index (Phi) is 6.16. The smallest absolute Gasteiger partial charge is 0.233 e. The van der Waals surface area contributed by atoms with E-state index in [4.69, 9.17) is 0 Å². The van der Waals surface area contributed by atoms with E-state index in [2.05, 4.69) is 22.6 Å². The molecule has 5 nitrogen and oxygen atoms in total. The van der Waals surface area contributed by atoms with Crippen molar-refractivity contribution in [2.75, 3.05) is 25.5 Å². The van der Waals surface area contributed by atoms with Crippen molar-refractivity contribution in [1.82, 2.24) is 10.2 Å². The second-order valence-corrected chi connectivity index (χ2v) is 6.52. The van der Waals surface area contributed by atoms with E-state index in [1.54, 1.807) is 0 Å². The summed E-state index contributed by atoms with van der Waals surface area (Å²) in [6.45, 7) is 5.73. The molecule has 0 spiro atoms. The van der Waals surface area contributed by atoms with Gasteiger partial charge in [-0.05, 0) is 70.0 Å². The first-order chi connectivity index (χ1) is 10.9. The molecule has 0 bridgehead atoms. The lowest BCUT2D eigenvalue weighted by Gasteiger charge is -2.19. The molecule has 1 aromatic carbocycles. The van der Waals surface area contributed by atoms with E-state index < -0.39 is 0 Å². The van der Waals surface area contributed by atoms with Crippen LogP contribution in [0.5, 0.6) is 0 Å². The number of aryl methyl sites for hydroxylation is 2. The minimum atomic E-state index is -0.273. The Hall–Kier alpha value is -1.88. The molecule has 1 atom stereocenters. The molecule has 0 aromatic heterocycles. The Labute approximate surface area is 138 Å². The molecule has 1 fully saturated rings. The van der Waals surface area contributed by atoms with Crippen molar-refractivity contribution < 1.29 is 9.59 Å². The summed E-state index contributed by atoms with van der Waals surface area (Å²) in [5.41, 5.74) is 2.92. The number of likely N-dealkylation sites (tertiary alicyclic amines) is 1. The molecule has 1 aromatic rings. The largest absolute Gasteiger partial charge is 0.356 e. The fourth-order valence-electron chi connectivity index (χ4n) is 3.18. The van der Waals surface area contributed by atoms with Gasteiger partial charge in [-0.1, -0.05) is 6.07 Å². The number of anilines is 1. The van der Waals surface area contributed by atoms with Gasteiger partial charge in [0.1, 0.15) is 6.42 Å². The van der Waals surface area contributed by atoms with Gasteiger partial charge in [0.05, 0.1) is 0 Å². The summed E-state index contributed by atoms with van der Waals surface area (Å²) in [4.78, 5) is 26.1. The molecule has 1 saturated heterocycles. The predicted octanol–water partition coefficient (Wildman–Crippen LogP) is 2.23. The summed E-state index contributed by atoms with van der Waals surface area (Å²) in [5, 5.41) is 5.63. The standard InChI is InChI=1S/C18H27N3O2/c1-13-9-14(2)11-15(10-13)20-18(23)12-17(22)19-7-6-16-5-4-8-21(16)3/h9-11,16H,4-8,12H2,1-3H3,(H,19,22)(H,20,23)/t16-/m1/s1. The van der Waals surface area contributed by atoms with E-state index in [0.717, 1.165) is 29.8 Å². The van der Waals surface area contributed by atoms with Gasteiger partial charge in [-0.2, -0.15) is 0 Å². The van der Waals surface area contributed by atoms with Crippen LogP contribution in [0.25, 0.3) is 0 Å². The van der Waals surface area contributed by atoms with Crippen molar-refractivity contribution in [3.63, 3.8) is 0 Å². The maximum absolute atomic E-state index is 11.9. The van der Waals surface area contributed by atoms with Crippen molar-refractivity contribution in [3.05, 3.63) is 29.3 Å². The molecular weight excluding hydrogens is 290 g/mol. The molecule has 1 aliphatic rings. The molecule has 1 heterocycles. The SMILES string of the molecule is Cc1cc(C)cc(NC(=O)CC(=O)NCC[C@H]2CCCN2C)c1. The lowest BCUT2D eigenvalue weighted by molar-refractivity contribution is -0.126. The zero-order valence-corrected chi connectivity index (χ0v) is 14.3. The third-order valence-electron chi connectivity index (χ3n) is 4.30. The first-order valence-corrected chi connectivity index (χ1v) is 8.29. The van der Waals surface area contributed by atoms with E-state index in [1.807, 2.05) is 32.0 Å². The average Bonchev–Trinajstić information content (AvgIpc) is 2.83. The highest BCUT2D eigenvalue weighted by molar-refractivity contribution is 6.03. The number of amides is 2. The zero-order valence-electron chi connectivity index (χ0n) is 14.3. The van der Waals surface area contributed by atoms with E-state index in [1.165, 1.54) is 12.8 Å². The van der Waals surface area contributed by atoms with Crippen molar-refractivity contribution in [2.45, 2.75) is 45.6 Å². The third kappa shape index (κ3) is 5.67. The summed E-state index contributed by atoms with van der Waals surface area (Å²) in [6, 6.07) is 6.40. The van der Waals surface area contributed by atoms with Crippen LogP contribution in [0.15, 0.2) is 18.2 Å². The second-order valence-electron chi connectivity index (χ2n) is 6.52. The summed E-state index contributed by atoms with van der Waals surface area (Å²) in [6.07, 6.45) is 3.24. The Morgan fingerprint density at radius 2 is 1.87 bits per heavy atom. The van der Waals surface area contributed by atoms with Gasteiger partial charge < -0.3 is 15.5 Å². The van der Waals surface area contributed by atoms with Gasteiger partial charge in [0.25, 0.3) is 0 Å². The molecule has 0 aliphatic carbocycles. The third-order valence-corrected chi connectivity index (χ3v) is 4.30. The second kappa shape index (κ2) is 8.11. The number of nitrogens with one attached hydrogen (secondary N) is 2. The maximum atomic E-state index is 11.9. The molecule has 23 heavy (non-hydrogen) atoms. The van der Waals surface area contributed by atoms with Crippen molar-refractivity contribution in [3.8, 4) is 0 Å². The Morgan fingerprint density at radius 1 is 1.17 bits per heavy atom. The van der Waals surface area contributed by atoms with E-state index in [-0.39, 0.29) is 18.2 Å². The number of hydrogen-bond acceptors (Lipinski definition) is 3. The normalized spacial score (nSPS) is 18.0. The van der Waals surface area contributed by atoms with Crippen LogP contribution in [0.4, 0.5) is 5.69 Å². The van der Waals surface area contributed by atoms with Gasteiger partial charge >= 0.3 is 0 Å². The number of rotatable bonds is 6. The molecule has 1 aliphatic heterocycles. The van der Waals surface area contributed by atoms with Crippen LogP contribution in [0.3, 0.4) is 0 Å². The van der Waals surface area contributed by atoms with Crippen LogP contribution in [0.1, 0.15) is 36.8 Å². The highest BCUT2D eigenvalue weighted by Gasteiger charge is 2.20. The van der Waals surface area contributed by atoms with Crippen molar-refractivity contribution >= 4 is 17.5 Å². The minimum Gasteiger partial charge on any atom is -0.356 e. The zero-order chi connectivity index (χ0) is 16.8. The topological polar surface area (TPSA) is 61.4 Å². The van der Waals surface area contributed by atoms with Gasteiger partial charge in [0.15, 0.2) is 0 Å². The van der Waals surface area contributed by atoms with E-state index in [0.29, 0.717) is 12.6 Å². The predicted molar refractivity (Wildman–Crippen MR) is 92.4 cm³/mol. The van der Waals surface area contributed by atoms with Crippen LogP contribution >= 0.6 is 0 Å². The van der Waals surface area contributed by atoms with Crippen LogP contribution < -0.4 is 10.6 Å². The van der Waals surface area contributed by atoms with Crippen LogP contribution in [-0.4, -0.2) is 42.9 Å². The average molecular weight is 317 g/mol. The fraction of sp³-hybridized carbons (Fsp3) is 0.556. The van der Waals surface area contributed by atoms with Gasteiger partial charge in [-0.25, -0.2) is 0 Å². The summed E-state index contributed by atoms with van der Waals surface area (Å²) in [5.74, 6) is -0.488. The van der Waals surface area contributed by atoms with E-state index in [9.17, 15) is 9.59 Å². The lowest BCUT2D eigenvalue weighted by atomic mass is 10.1. The Bertz CT molecular complexity index is 551. The maximum Gasteiger partial charge on any atom is 0.233 e. The van der Waals surface area contributed by atoms with Gasteiger partial charge in [-0.15, -0.1) is 0 Å². The molecular formula is C18H27N3O2. The Balaban J connectivity index is 1.71. The van der Waals surface area contributed by atoms with E-state index >= 15 is 0 Å². The minimum absolute atomic E-state index is 0.131. The monoisotopic (exact) mass is 317 g/mol. The van der Waals surface area contributed by atoms with Crippen molar-refractivity contribution in [2.24, 2.45) is 0 Å². The number of carbonyl (C=O) groups is 2. The number of nitrogens with zero attached hydrogens (tertiary/aromatic N) is 1. The first-order valence-electron chi connectivity index (χ1n) is 8.29. The molecule has 2 N–H and O–H groups in total. The van der Waals surface area contributed by atoms with Crippen LogP contribution in [0.2, 0.25) is 0 Å². The molecule has 0 radical (unpaired) electrons. The highest BCUT2D eigenvalue weighted by Crippen LogP contribution is 2.17. The molecule has 2 rings (SSSR count). The summed E-state index contributed by atoms with van der Waals surface area (Å²) in [7, 11) is 2.12. The molecule has 0 saturated carbocycles. The Morgan fingerprint density at radius 3 is 2.48 bits per heavy atom. The van der Waals surface area contributed by atoms with Gasteiger partial charge in [0, 0.05) is 18.3 Å². The van der Waals surface area contributed by atoms with Crippen molar-refractivity contribution in [1.29, 1.82) is 0 Å². The van der Waals surface area contributed by atoms with Gasteiger partial charge in [-0.3, -0.25) is 9.59 Å². The lowest BCUT2D eigenvalue weighted by Crippen LogP contribution is -2.33. The summed E-state index contributed by atoms with van der Waals surface area (Å²) >= 11 is 0. The number of benzene rings is 1.